The molecule has 0 unspecified atom stereocenters. The van der Waals surface area contributed by atoms with E-state index in [1.54, 1.807) is 13.7 Å². The minimum atomic E-state index is -0.919. The van der Waals surface area contributed by atoms with Crippen molar-refractivity contribution in [2.75, 3.05) is 77.4 Å². The molecular formula is C65H71F6N17. The number of nitrogens with one attached hydrogen (secondary N) is 3. The predicted molar refractivity (Wildman–Crippen MR) is 338 cm³/mol. The van der Waals surface area contributed by atoms with Gasteiger partial charge in [0.25, 0.3) is 0 Å². The Morgan fingerprint density at radius 2 is 0.784 bits per heavy atom. The summed E-state index contributed by atoms with van der Waals surface area (Å²) in [5.74, 6) is 0.837. The number of aromatic nitrogens is 9. The van der Waals surface area contributed by atoms with Crippen molar-refractivity contribution >= 4 is 78.9 Å². The largest absolute Gasteiger partial charge is 0.353 e. The first-order valence-corrected chi connectivity index (χ1v) is 29.4. The van der Waals surface area contributed by atoms with E-state index in [9.17, 15) is 26.3 Å². The van der Waals surface area contributed by atoms with Crippen LogP contribution in [-0.2, 0) is 6.42 Å². The lowest BCUT2D eigenvalue weighted by molar-refractivity contribution is 0.405. The van der Waals surface area contributed by atoms with E-state index in [-0.39, 0.29) is 7.43 Å². The van der Waals surface area contributed by atoms with Crippen LogP contribution in [0.4, 0.5) is 55.2 Å². The predicted octanol–water partition coefficient (Wildman–Crippen LogP) is 11.1. The van der Waals surface area contributed by atoms with E-state index >= 15 is 0 Å². The van der Waals surface area contributed by atoms with Crippen LogP contribution in [0.5, 0.6) is 0 Å². The topological polar surface area (TPSA) is 144 Å². The van der Waals surface area contributed by atoms with Crippen LogP contribution < -0.4 is 40.4 Å². The molecule has 23 heteroatoms. The van der Waals surface area contributed by atoms with Gasteiger partial charge in [-0.15, -0.1) is 0 Å². The Bertz CT molecular complexity index is 4270. The van der Waals surface area contributed by atoms with Gasteiger partial charge in [0.1, 0.15) is 29.1 Å². The maximum Gasteiger partial charge on any atom is 0.165 e. The molecule has 3 aromatic carbocycles. The first-order valence-electron chi connectivity index (χ1n) is 29.4. The molecule has 3 fully saturated rings. The fourth-order valence-corrected chi connectivity index (χ4v) is 13.2. The molecular weight excluding hydrogens is 1130 g/mol. The third-order valence-corrected chi connectivity index (χ3v) is 16.9. The SMILES string of the molecule is C.C=C1Cc2ccc(N3C[C@@H](C)N[C@@H](C)C3)nc2-n2c1nc1cc(F)c(F)cc12.C=C1c2nc3cc(F)c(F)cc3n2-c2nc(N3C[C@@H](C)N[C@@H](C)C3)ccc2N1C.C=C1c2nc3cc(F)c(F)cc3n2-c2nc(N3C[C@@H](C)N[C@@H](C)C3)ccc2N1CC. The summed E-state index contributed by atoms with van der Waals surface area (Å²) < 4.78 is 88.8. The fraction of sp³-hybridized carbons (Fsp3) is 0.354. The Labute approximate surface area is 506 Å². The van der Waals surface area contributed by atoms with Gasteiger partial charge < -0.3 is 40.4 Å². The number of nitrogens with zero attached hydrogens (tertiary/aromatic N) is 14. The van der Waals surface area contributed by atoms with Crippen molar-refractivity contribution in [3.8, 4) is 17.5 Å². The molecule has 0 bridgehead atoms. The highest BCUT2D eigenvalue weighted by atomic mass is 19.2. The lowest BCUT2D eigenvalue weighted by Crippen LogP contribution is -2.54. The van der Waals surface area contributed by atoms with Gasteiger partial charge >= 0.3 is 0 Å². The molecule has 6 aliphatic rings. The van der Waals surface area contributed by atoms with Crippen molar-refractivity contribution in [2.45, 2.75) is 98.6 Å². The second kappa shape index (κ2) is 22.7. The summed E-state index contributed by atoms with van der Waals surface area (Å²) in [4.78, 5) is 39.1. The van der Waals surface area contributed by atoms with Crippen molar-refractivity contribution in [1.82, 2.24) is 59.6 Å². The summed E-state index contributed by atoms with van der Waals surface area (Å²) >= 11 is 0. The summed E-state index contributed by atoms with van der Waals surface area (Å²) in [6, 6.07) is 21.2. The zero-order valence-corrected chi connectivity index (χ0v) is 49.7. The normalized spacial score (nSPS) is 21.2. The highest BCUT2D eigenvalue weighted by Gasteiger charge is 2.34. The minimum absolute atomic E-state index is 0. The molecule has 17 nitrogen and oxygen atoms in total. The van der Waals surface area contributed by atoms with Gasteiger partial charge in [-0.25, -0.2) is 56.2 Å². The maximum absolute atomic E-state index is 14.1. The molecule has 88 heavy (non-hydrogen) atoms. The van der Waals surface area contributed by atoms with Crippen molar-refractivity contribution in [2.24, 2.45) is 0 Å². The lowest BCUT2D eigenvalue weighted by atomic mass is 10.0. The number of anilines is 5. The summed E-state index contributed by atoms with van der Waals surface area (Å²) in [5, 5.41) is 10.6. The van der Waals surface area contributed by atoms with Gasteiger partial charge in [0.05, 0.1) is 55.9 Å². The van der Waals surface area contributed by atoms with E-state index in [1.807, 2.05) is 54.1 Å². The standard InChI is InChI=1S/C22H24F2N6.C21H22F2N6.C21H21F2N5.CH4/c1-5-29-14(4)21-26-17-8-15(23)16(24)9-19(17)30(21)22-18(29)6-7-20(27-22)28-10-12(2)25-13(3)11-28;1-11-9-28(10-12(2)24-11)19-6-5-17-21(26-19)29-18-8-15(23)14(22)7-16(18)25-20(29)13(3)27(17)4;1-11-6-14-4-5-19(27-9-12(2)24-13(3)10-27)26-21(14)28-18-8-16(23)15(22)7-17(18)25-20(11)28;/h6-9,12-13,25H,4-5,10-11H2,1-3H3;5-8,11-12,24H,3,9-10H2,1-2,4H3;4-5,7-8,12-13,24H,1,6,9-10H2,2-3H3;1H4/t12-,13+;11-,12+;12-,13+;. The molecule has 6 atom stereocenters. The first-order chi connectivity index (χ1) is 41.6. The van der Waals surface area contributed by atoms with Crippen LogP contribution in [0.15, 0.2) is 92.5 Å². The van der Waals surface area contributed by atoms with E-state index in [4.69, 9.17) is 15.0 Å². The maximum atomic E-state index is 14.1. The third kappa shape index (κ3) is 10.3. The van der Waals surface area contributed by atoms with E-state index in [1.165, 1.54) is 18.2 Å². The molecule has 458 valence electrons. The van der Waals surface area contributed by atoms with Crippen molar-refractivity contribution in [3.05, 3.63) is 150 Å². The number of rotatable bonds is 4. The molecule has 3 N–H and O–H groups in total. The van der Waals surface area contributed by atoms with Gasteiger partial charge in [0, 0.05) is 137 Å². The number of halogens is 6. The van der Waals surface area contributed by atoms with E-state index in [0.717, 1.165) is 97.4 Å². The Hall–Kier alpha value is -8.80. The molecule has 6 aromatic heterocycles. The quantitative estimate of drug-likeness (QED) is 0.144. The smallest absolute Gasteiger partial charge is 0.165 e. The first kappa shape index (κ1) is 59.5. The van der Waals surface area contributed by atoms with Crippen LogP contribution in [0, 0.1) is 34.9 Å². The summed E-state index contributed by atoms with van der Waals surface area (Å²) in [7, 11) is 1.89. The summed E-state index contributed by atoms with van der Waals surface area (Å²) in [6.07, 6.45) is 0.616. The average Bonchev–Trinajstić information content (AvgIpc) is 1.81. The number of allylic oxidation sites excluding steroid dienone is 1. The van der Waals surface area contributed by atoms with E-state index < -0.39 is 34.9 Å². The van der Waals surface area contributed by atoms with Crippen LogP contribution in [-0.4, -0.2) is 133 Å². The number of piperazine rings is 3. The lowest BCUT2D eigenvalue weighted by Gasteiger charge is -2.38. The highest BCUT2D eigenvalue weighted by molar-refractivity contribution is 5.93. The number of fused-ring (bicyclic) bond motifs is 15. The molecule has 12 heterocycles. The molecule has 9 aromatic rings. The zero-order chi connectivity index (χ0) is 61.2. The second-order valence-electron chi connectivity index (χ2n) is 23.9. The van der Waals surface area contributed by atoms with Crippen LogP contribution in [0.3, 0.4) is 0 Å². The minimum Gasteiger partial charge on any atom is -0.353 e. The Balaban J connectivity index is 0.000000128. The number of pyridine rings is 3. The van der Waals surface area contributed by atoms with Crippen LogP contribution in [0.2, 0.25) is 0 Å². The molecule has 15 rings (SSSR count). The molecule has 0 aliphatic carbocycles. The van der Waals surface area contributed by atoms with Gasteiger partial charge in [0.15, 0.2) is 58.2 Å². The highest BCUT2D eigenvalue weighted by Crippen LogP contribution is 2.42. The van der Waals surface area contributed by atoms with Crippen LogP contribution >= 0.6 is 0 Å². The van der Waals surface area contributed by atoms with Crippen LogP contribution in [0.1, 0.15) is 78.9 Å². The van der Waals surface area contributed by atoms with Crippen molar-refractivity contribution < 1.29 is 26.3 Å². The van der Waals surface area contributed by atoms with E-state index in [2.05, 4.69) is 113 Å². The summed E-state index contributed by atoms with van der Waals surface area (Å²) in [5.41, 5.74) is 7.46. The number of imidazole rings is 3. The number of hydrogen-bond donors (Lipinski definition) is 3. The van der Waals surface area contributed by atoms with Gasteiger partial charge in [-0.3, -0.25) is 13.7 Å². The van der Waals surface area contributed by atoms with Crippen LogP contribution in [0.25, 0.3) is 67.5 Å². The zero-order valence-electron chi connectivity index (χ0n) is 49.7. The Morgan fingerprint density at radius 3 is 1.20 bits per heavy atom. The number of hydrogen-bond acceptors (Lipinski definition) is 14. The Morgan fingerprint density at radius 1 is 0.443 bits per heavy atom. The third-order valence-electron chi connectivity index (χ3n) is 16.9. The van der Waals surface area contributed by atoms with Crippen molar-refractivity contribution in [3.63, 3.8) is 0 Å². The average molecular weight is 1200 g/mol. The summed E-state index contributed by atoms with van der Waals surface area (Å²) in [6.45, 7) is 33.1. The molecule has 0 amide bonds. The molecule has 0 spiro atoms. The van der Waals surface area contributed by atoms with Gasteiger partial charge in [0.2, 0.25) is 0 Å². The molecule has 0 saturated carbocycles. The monoisotopic (exact) mass is 1200 g/mol. The van der Waals surface area contributed by atoms with Gasteiger partial charge in [-0.2, -0.15) is 0 Å². The molecule has 0 radical (unpaired) electrons. The van der Waals surface area contributed by atoms with Gasteiger partial charge in [-0.05, 0) is 84.4 Å². The second-order valence-corrected chi connectivity index (χ2v) is 23.9. The van der Waals surface area contributed by atoms with Crippen molar-refractivity contribution in [1.29, 1.82) is 0 Å². The Kier molecular flexibility index (Phi) is 15.4. The fourth-order valence-electron chi connectivity index (χ4n) is 13.2. The van der Waals surface area contributed by atoms with E-state index in [0.29, 0.717) is 129 Å². The van der Waals surface area contributed by atoms with Gasteiger partial charge in [-0.1, -0.05) is 33.2 Å². The molecule has 6 aliphatic heterocycles. The number of benzene rings is 3. The molecule has 3 saturated heterocycles.